The summed E-state index contributed by atoms with van der Waals surface area (Å²) in [6, 6.07) is 12.2. The van der Waals surface area contributed by atoms with Gasteiger partial charge in [0, 0.05) is 11.1 Å². The molecule has 0 aliphatic carbocycles. The first-order chi connectivity index (χ1) is 10.2. The molecule has 0 aromatic heterocycles. The number of benzene rings is 2. The highest BCUT2D eigenvalue weighted by Gasteiger charge is 2.08. The maximum absolute atomic E-state index is 14.0. The summed E-state index contributed by atoms with van der Waals surface area (Å²) in [6.07, 6.45) is 0. The molecule has 2 aromatic rings. The van der Waals surface area contributed by atoms with Crippen molar-refractivity contribution in [3.8, 4) is 23.3 Å². The third-order valence-electron chi connectivity index (χ3n) is 2.83. The number of rotatable bonds is 4. The minimum atomic E-state index is -0.404. The number of ether oxygens (including phenoxy) is 2. The van der Waals surface area contributed by atoms with Crippen molar-refractivity contribution in [1.29, 1.82) is 0 Å². The largest absolute Gasteiger partial charge is 0.494 e. The molecule has 0 aliphatic heterocycles. The lowest BCUT2D eigenvalue weighted by Crippen LogP contribution is -2.00. The standard InChI is InChI=1S/C17H16FNO2/c1-20-16-9-3-7-14(17(16)18)12-21-15-8-2-5-13(11-15)6-4-10-19/h2-3,5,7-9,11H,10,12,19H2,1H3. The fraction of sp³-hybridized carbons (Fsp3) is 0.176. The Hall–Kier alpha value is -2.51. The molecule has 0 atom stereocenters. The third kappa shape index (κ3) is 3.98. The number of hydrogen-bond acceptors (Lipinski definition) is 3. The molecule has 2 rings (SSSR count). The molecule has 0 fully saturated rings. The molecular formula is C17H16FNO2. The minimum absolute atomic E-state index is 0.122. The van der Waals surface area contributed by atoms with Crippen molar-refractivity contribution in [3.63, 3.8) is 0 Å². The minimum Gasteiger partial charge on any atom is -0.494 e. The maximum atomic E-state index is 14.0. The lowest BCUT2D eigenvalue weighted by atomic mass is 10.2. The number of hydrogen-bond donors (Lipinski definition) is 1. The molecule has 3 nitrogen and oxygen atoms in total. The SMILES string of the molecule is COc1cccc(COc2cccc(C#CCN)c2)c1F. The lowest BCUT2D eigenvalue weighted by Gasteiger charge is -2.09. The first-order valence-corrected chi connectivity index (χ1v) is 6.47. The van der Waals surface area contributed by atoms with Crippen LogP contribution in [0.1, 0.15) is 11.1 Å². The van der Waals surface area contributed by atoms with Crippen molar-refractivity contribution in [2.24, 2.45) is 5.73 Å². The van der Waals surface area contributed by atoms with Gasteiger partial charge >= 0.3 is 0 Å². The van der Waals surface area contributed by atoms with E-state index in [-0.39, 0.29) is 12.4 Å². The smallest absolute Gasteiger partial charge is 0.171 e. The predicted molar refractivity (Wildman–Crippen MR) is 79.7 cm³/mol. The molecule has 2 N–H and O–H groups in total. The molecule has 2 aromatic carbocycles. The summed E-state index contributed by atoms with van der Waals surface area (Å²) < 4.78 is 24.5. The summed E-state index contributed by atoms with van der Waals surface area (Å²) >= 11 is 0. The van der Waals surface area contributed by atoms with E-state index in [0.29, 0.717) is 17.9 Å². The quantitative estimate of drug-likeness (QED) is 0.878. The molecule has 108 valence electrons. The Bertz CT molecular complexity index is 674. The van der Waals surface area contributed by atoms with Crippen molar-refractivity contribution in [2.75, 3.05) is 13.7 Å². The van der Waals surface area contributed by atoms with E-state index in [1.165, 1.54) is 7.11 Å². The highest BCUT2D eigenvalue weighted by Crippen LogP contribution is 2.22. The van der Waals surface area contributed by atoms with E-state index in [4.69, 9.17) is 15.2 Å². The van der Waals surface area contributed by atoms with Crippen LogP contribution in [0, 0.1) is 17.7 Å². The first kappa shape index (κ1) is 14.9. The fourth-order valence-corrected chi connectivity index (χ4v) is 1.80. The normalized spacial score (nSPS) is 9.67. The molecule has 0 saturated heterocycles. The number of nitrogens with two attached hydrogens (primary N) is 1. The van der Waals surface area contributed by atoms with Gasteiger partial charge < -0.3 is 15.2 Å². The Kier molecular flexibility index (Phi) is 5.19. The molecule has 0 radical (unpaired) electrons. The second-order valence-electron chi connectivity index (χ2n) is 4.26. The zero-order valence-corrected chi connectivity index (χ0v) is 11.7. The molecular weight excluding hydrogens is 269 g/mol. The molecule has 0 saturated carbocycles. The summed E-state index contributed by atoms with van der Waals surface area (Å²) in [4.78, 5) is 0. The van der Waals surface area contributed by atoms with Crippen LogP contribution in [0.25, 0.3) is 0 Å². The zero-order valence-electron chi connectivity index (χ0n) is 11.7. The summed E-state index contributed by atoms with van der Waals surface area (Å²) in [5, 5.41) is 0. The maximum Gasteiger partial charge on any atom is 0.171 e. The molecule has 0 unspecified atom stereocenters. The number of halogens is 1. The Labute approximate surface area is 123 Å². The average Bonchev–Trinajstić information content (AvgIpc) is 2.52. The lowest BCUT2D eigenvalue weighted by molar-refractivity contribution is 0.295. The van der Waals surface area contributed by atoms with Crippen LogP contribution in [-0.2, 0) is 6.61 Å². The molecule has 0 bridgehead atoms. The van der Waals surface area contributed by atoms with E-state index >= 15 is 0 Å². The fourth-order valence-electron chi connectivity index (χ4n) is 1.80. The second kappa shape index (κ2) is 7.32. The van der Waals surface area contributed by atoms with E-state index < -0.39 is 5.82 Å². The Morgan fingerprint density at radius 1 is 1.19 bits per heavy atom. The van der Waals surface area contributed by atoms with E-state index in [1.807, 2.05) is 12.1 Å². The van der Waals surface area contributed by atoms with Gasteiger partial charge in [-0.05, 0) is 24.3 Å². The average molecular weight is 285 g/mol. The number of methoxy groups -OCH3 is 1. The summed E-state index contributed by atoms with van der Waals surface area (Å²) in [6.45, 7) is 0.427. The van der Waals surface area contributed by atoms with Crippen LogP contribution >= 0.6 is 0 Å². The van der Waals surface area contributed by atoms with Gasteiger partial charge in [0.15, 0.2) is 11.6 Å². The van der Waals surface area contributed by atoms with Crippen LogP contribution in [0.5, 0.6) is 11.5 Å². The Balaban J connectivity index is 2.10. The predicted octanol–water partition coefficient (Wildman–Crippen LogP) is 2.72. The zero-order chi connectivity index (χ0) is 15.1. The topological polar surface area (TPSA) is 44.5 Å². The first-order valence-electron chi connectivity index (χ1n) is 6.47. The third-order valence-corrected chi connectivity index (χ3v) is 2.83. The second-order valence-corrected chi connectivity index (χ2v) is 4.26. The van der Waals surface area contributed by atoms with Crippen LogP contribution in [-0.4, -0.2) is 13.7 Å². The summed E-state index contributed by atoms with van der Waals surface area (Å²) in [5.74, 6) is 6.13. The van der Waals surface area contributed by atoms with E-state index in [1.54, 1.807) is 30.3 Å². The van der Waals surface area contributed by atoms with Gasteiger partial charge in [0.2, 0.25) is 0 Å². The van der Waals surface area contributed by atoms with Gasteiger partial charge in [0.05, 0.1) is 13.7 Å². The van der Waals surface area contributed by atoms with Crippen LogP contribution in [0.2, 0.25) is 0 Å². The molecule has 0 spiro atoms. The van der Waals surface area contributed by atoms with E-state index in [2.05, 4.69) is 11.8 Å². The molecule has 4 heteroatoms. The highest BCUT2D eigenvalue weighted by molar-refractivity contribution is 5.40. The van der Waals surface area contributed by atoms with Gasteiger partial charge in [-0.2, -0.15) is 0 Å². The molecule has 0 amide bonds. The van der Waals surface area contributed by atoms with Gasteiger partial charge in [0.25, 0.3) is 0 Å². The van der Waals surface area contributed by atoms with Crippen LogP contribution < -0.4 is 15.2 Å². The Morgan fingerprint density at radius 3 is 2.76 bits per heavy atom. The van der Waals surface area contributed by atoms with E-state index in [0.717, 1.165) is 5.56 Å². The highest BCUT2D eigenvalue weighted by atomic mass is 19.1. The van der Waals surface area contributed by atoms with Crippen molar-refractivity contribution in [3.05, 3.63) is 59.4 Å². The van der Waals surface area contributed by atoms with Gasteiger partial charge in [-0.15, -0.1) is 0 Å². The molecule has 0 aliphatic rings. The summed E-state index contributed by atoms with van der Waals surface area (Å²) in [7, 11) is 1.43. The van der Waals surface area contributed by atoms with Gasteiger partial charge in [0.1, 0.15) is 12.4 Å². The van der Waals surface area contributed by atoms with Crippen LogP contribution in [0.4, 0.5) is 4.39 Å². The Morgan fingerprint density at radius 2 is 2.00 bits per heavy atom. The van der Waals surface area contributed by atoms with Crippen molar-refractivity contribution in [2.45, 2.75) is 6.61 Å². The molecule has 0 heterocycles. The molecule has 21 heavy (non-hydrogen) atoms. The monoisotopic (exact) mass is 285 g/mol. The summed E-state index contributed by atoms with van der Waals surface area (Å²) in [5.41, 5.74) is 6.58. The van der Waals surface area contributed by atoms with Crippen molar-refractivity contribution in [1.82, 2.24) is 0 Å². The van der Waals surface area contributed by atoms with E-state index in [9.17, 15) is 4.39 Å². The van der Waals surface area contributed by atoms with Gasteiger partial charge in [-0.1, -0.05) is 30.0 Å². The van der Waals surface area contributed by atoms with Crippen LogP contribution in [0.15, 0.2) is 42.5 Å². The van der Waals surface area contributed by atoms with Crippen molar-refractivity contribution >= 4 is 0 Å². The van der Waals surface area contributed by atoms with Crippen LogP contribution in [0.3, 0.4) is 0 Å². The van der Waals surface area contributed by atoms with Gasteiger partial charge in [-0.3, -0.25) is 0 Å². The van der Waals surface area contributed by atoms with Gasteiger partial charge in [-0.25, -0.2) is 4.39 Å². The van der Waals surface area contributed by atoms with Crippen molar-refractivity contribution < 1.29 is 13.9 Å².